The molecule has 6 amide bonds. The maximum atomic E-state index is 13.6. The van der Waals surface area contributed by atoms with E-state index >= 15 is 0 Å². The third kappa shape index (κ3) is 14.4. The number of hydrogen-bond donors (Lipinski definition) is 8. The molecule has 0 saturated carbocycles. The van der Waals surface area contributed by atoms with Crippen molar-refractivity contribution in [1.82, 2.24) is 36.1 Å². The Bertz CT molecular complexity index is 1530. The van der Waals surface area contributed by atoms with Crippen LogP contribution in [0.25, 0.3) is 0 Å². The van der Waals surface area contributed by atoms with Crippen molar-refractivity contribution in [2.75, 3.05) is 19.9 Å². The van der Waals surface area contributed by atoms with Gasteiger partial charge in [0.15, 0.2) is 0 Å². The number of phosphoric ester groups is 1. The highest BCUT2D eigenvalue weighted by molar-refractivity contribution is 7.47. The van der Waals surface area contributed by atoms with Crippen molar-refractivity contribution in [2.45, 2.75) is 110 Å². The molecule has 1 saturated heterocycles. The van der Waals surface area contributed by atoms with E-state index in [1.807, 2.05) is 13.8 Å². The molecule has 1 aliphatic heterocycles. The van der Waals surface area contributed by atoms with E-state index in [-0.39, 0.29) is 24.7 Å². The number of aliphatic hydroxyl groups is 1. The number of amides is 6. The van der Waals surface area contributed by atoms with Crippen LogP contribution in [0.3, 0.4) is 0 Å². The van der Waals surface area contributed by atoms with Crippen LogP contribution in [0.1, 0.15) is 73.4 Å². The van der Waals surface area contributed by atoms with Crippen LogP contribution < -0.4 is 27.0 Å². The summed E-state index contributed by atoms with van der Waals surface area (Å²) in [7, 11) is -4.99. The first-order chi connectivity index (χ1) is 25.1. The molecule has 1 unspecified atom stereocenters. The zero-order valence-electron chi connectivity index (χ0n) is 31.5. The molecule has 0 bridgehead atoms. The number of ether oxygens (including phenoxy) is 1. The first kappa shape index (κ1) is 45.7. The van der Waals surface area contributed by atoms with Crippen LogP contribution in [0.15, 0.2) is 12.5 Å². The summed E-state index contributed by atoms with van der Waals surface area (Å²) in [6, 6.07) is -6.82. The van der Waals surface area contributed by atoms with Crippen LogP contribution in [0.2, 0.25) is 0 Å². The number of aliphatic hydroxyl groups excluding tert-OH is 1. The molecule has 0 radical (unpaired) electrons. The molecular weight excluding hydrogens is 735 g/mol. The largest absolute Gasteiger partial charge is 0.475 e. The number of imidazole rings is 1. The minimum absolute atomic E-state index is 0.0854. The van der Waals surface area contributed by atoms with Crippen LogP contribution in [0.4, 0.5) is 0 Å². The second-order valence-electron chi connectivity index (χ2n) is 14.2. The van der Waals surface area contributed by atoms with Gasteiger partial charge in [-0.25, -0.2) is 14.1 Å². The van der Waals surface area contributed by atoms with Crippen LogP contribution in [0.5, 0.6) is 0 Å². The monoisotopic (exact) mass is 788 g/mol. The molecule has 2 rings (SSSR count). The number of aromatic amines is 1. The molecule has 1 aliphatic rings. The van der Waals surface area contributed by atoms with Gasteiger partial charge in [0.05, 0.1) is 24.5 Å². The molecule has 0 aliphatic carbocycles. The number of aromatic nitrogens is 2. The van der Waals surface area contributed by atoms with E-state index in [2.05, 4.69) is 35.8 Å². The van der Waals surface area contributed by atoms with Crippen molar-refractivity contribution < 1.29 is 61.9 Å². The van der Waals surface area contributed by atoms with Crippen molar-refractivity contribution in [2.24, 2.45) is 17.1 Å². The number of hydrogen-bond acceptors (Lipinski definition) is 13. The third-order valence-electron chi connectivity index (χ3n) is 8.12. The van der Waals surface area contributed by atoms with Gasteiger partial charge in [0.1, 0.15) is 30.2 Å². The maximum Gasteiger partial charge on any atom is 0.475 e. The maximum absolute atomic E-state index is 13.6. The van der Waals surface area contributed by atoms with Crippen molar-refractivity contribution in [3.05, 3.63) is 18.2 Å². The number of rotatable bonds is 20. The van der Waals surface area contributed by atoms with Gasteiger partial charge in [-0.3, -0.25) is 38.1 Å². The second-order valence-corrected chi connectivity index (χ2v) is 15.6. The molecule has 7 atom stereocenters. The summed E-state index contributed by atoms with van der Waals surface area (Å²) < 4.78 is 26.8. The predicted molar refractivity (Wildman–Crippen MR) is 188 cm³/mol. The fourth-order valence-corrected chi connectivity index (χ4v) is 6.08. The molecule has 9 N–H and O–H groups in total. The van der Waals surface area contributed by atoms with E-state index in [0.29, 0.717) is 25.1 Å². The quantitative estimate of drug-likeness (QED) is 0.0424. The Kier molecular flexibility index (Phi) is 17.2. The Labute approximate surface area is 312 Å². The van der Waals surface area contributed by atoms with Gasteiger partial charge in [-0.15, -0.1) is 0 Å². The minimum atomic E-state index is -4.99. The number of nitrogens with zero attached hydrogens (tertiary/aromatic N) is 2. The van der Waals surface area contributed by atoms with E-state index < -0.39 is 98.5 Å². The molecule has 2 heterocycles. The third-order valence-corrected chi connectivity index (χ3v) is 9.15. The van der Waals surface area contributed by atoms with E-state index in [9.17, 15) is 48.1 Å². The summed E-state index contributed by atoms with van der Waals surface area (Å²) in [6.45, 7) is 9.14. The number of carbonyl (C=O) groups excluding carboxylic acids is 7. The molecule has 304 valence electrons. The van der Waals surface area contributed by atoms with E-state index in [1.54, 1.807) is 20.8 Å². The summed E-state index contributed by atoms with van der Waals surface area (Å²) in [6.07, 6.45) is 2.14. The van der Waals surface area contributed by atoms with Gasteiger partial charge in [-0.05, 0) is 52.9 Å². The fraction of sp³-hybridized carbons (Fsp3) is 0.688. The molecule has 0 spiro atoms. The van der Waals surface area contributed by atoms with Gasteiger partial charge < -0.3 is 51.6 Å². The SMILES string of the molecule is CC(=O)N1CCC[C@H]1C(=O)N[C@@H](CC(C)C)C(=O)N[C@@H](Cc1cnc[nH]1)C(=O)N[C@@H](CO)C(=O)N[C@H](C(N)=O)[C@@H](C)OP(=O)(O)OCOC(=O)C(C)(C)C. The van der Waals surface area contributed by atoms with Gasteiger partial charge in [0.25, 0.3) is 0 Å². The molecular formula is C32H53N8O13P. The number of carbonyl (C=O) groups is 7. The molecule has 0 aromatic carbocycles. The summed E-state index contributed by atoms with van der Waals surface area (Å²) in [5, 5.41) is 19.8. The van der Waals surface area contributed by atoms with Gasteiger partial charge in [0, 0.05) is 31.8 Å². The predicted octanol–water partition coefficient (Wildman–Crippen LogP) is -1.51. The Hall–Kier alpha value is -4.43. The number of nitrogens with two attached hydrogens (primary N) is 1. The highest BCUT2D eigenvalue weighted by Crippen LogP contribution is 2.45. The molecule has 22 heteroatoms. The molecule has 1 fully saturated rings. The number of primary amides is 1. The van der Waals surface area contributed by atoms with Gasteiger partial charge >= 0.3 is 13.8 Å². The molecule has 1 aromatic rings. The summed E-state index contributed by atoms with van der Waals surface area (Å²) in [5.41, 5.74) is 4.86. The smallest absolute Gasteiger partial charge is 0.437 e. The summed E-state index contributed by atoms with van der Waals surface area (Å²) >= 11 is 0. The zero-order chi connectivity index (χ0) is 41.0. The number of phosphoric acid groups is 1. The van der Waals surface area contributed by atoms with Gasteiger partial charge in [0.2, 0.25) is 42.2 Å². The van der Waals surface area contributed by atoms with E-state index in [1.165, 1.54) is 24.3 Å². The average Bonchev–Trinajstić information content (AvgIpc) is 3.77. The fourth-order valence-electron chi connectivity index (χ4n) is 5.29. The summed E-state index contributed by atoms with van der Waals surface area (Å²) in [5.74, 6) is -5.73. The normalized spacial score (nSPS) is 18.3. The van der Waals surface area contributed by atoms with Gasteiger partial charge in [-0.1, -0.05) is 13.8 Å². The standard InChI is InChI=1S/C32H53N8O13P/c1-17(2)11-21(37-30(47)24-9-8-10-40(24)19(4)42)27(44)36-22(12-20-13-34-15-35-20)28(45)38-23(14-41)29(46)39-25(26(33)43)18(3)53-54(49,50)52-16-51-31(48)32(5,6)7/h13,15,17-18,21-25,41H,8-12,14,16H2,1-7H3,(H2,33,43)(H,34,35)(H,36,44)(H,37,47)(H,38,45)(H,39,46)(H,49,50)/t18-,21+,22+,23+,24+,25+/m1/s1. The molecule has 21 nitrogen and oxygen atoms in total. The molecule has 54 heavy (non-hydrogen) atoms. The van der Waals surface area contributed by atoms with Crippen LogP contribution in [-0.2, 0) is 58.3 Å². The zero-order valence-corrected chi connectivity index (χ0v) is 32.3. The lowest BCUT2D eigenvalue weighted by molar-refractivity contribution is -0.160. The first-order valence-corrected chi connectivity index (χ1v) is 18.7. The summed E-state index contributed by atoms with van der Waals surface area (Å²) in [4.78, 5) is 108. The Morgan fingerprint density at radius 2 is 1.63 bits per heavy atom. The second kappa shape index (κ2) is 20.3. The van der Waals surface area contributed by atoms with Crippen LogP contribution in [-0.4, -0.2) is 123 Å². The number of nitrogens with one attached hydrogen (secondary N) is 5. The number of likely N-dealkylation sites (tertiary alicyclic amines) is 1. The van der Waals surface area contributed by atoms with Crippen LogP contribution >= 0.6 is 7.82 Å². The average molecular weight is 789 g/mol. The Balaban J connectivity index is 2.18. The molecule has 1 aromatic heterocycles. The minimum Gasteiger partial charge on any atom is -0.437 e. The first-order valence-electron chi connectivity index (χ1n) is 17.2. The number of H-pyrrole nitrogens is 1. The Morgan fingerprint density at radius 3 is 2.17 bits per heavy atom. The van der Waals surface area contributed by atoms with E-state index in [0.717, 1.165) is 6.92 Å². The lowest BCUT2D eigenvalue weighted by atomic mass is 9.98. The number of esters is 1. The van der Waals surface area contributed by atoms with Crippen LogP contribution in [0, 0.1) is 11.3 Å². The Morgan fingerprint density at radius 1 is 1.02 bits per heavy atom. The van der Waals surface area contributed by atoms with E-state index in [4.69, 9.17) is 15.0 Å². The lowest BCUT2D eigenvalue weighted by Crippen LogP contribution is -2.61. The van der Waals surface area contributed by atoms with Crippen molar-refractivity contribution in [3.63, 3.8) is 0 Å². The highest BCUT2D eigenvalue weighted by atomic mass is 31.2. The highest BCUT2D eigenvalue weighted by Gasteiger charge is 2.38. The van der Waals surface area contributed by atoms with Crippen molar-refractivity contribution in [3.8, 4) is 0 Å². The van der Waals surface area contributed by atoms with Crippen molar-refractivity contribution in [1.29, 1.82) is 0 Å². The van der Waals surface area contributed by atoms with Crippen molar-refractivity contribution >= 4 is 49.2 Å². The van der Waals surface area contributed by atoms with Gasteiger partial charge in [-0.2, -0.15) is 0 Å². The lowest BCUT2D eigenvalue weighted by Gasteiger charge is -2.28. The topological polar surface area (TPSA) is 311 Å².